The number of hydrogen-bond acceptors (Lipinski definition) is 4. The highest BCUT2D eigenvalue weighted by Gasteiger charge is 2.14. The summed E-state index contributed by atoms with van der Waals surface area (Å²) in [5.74, 6) is -0.644. The van der Waals surface area contributed by atoms with Crippen molar-refractivity contribution < 1.29 is 9.72 Å². The zero-order chi connectivity index (χ0) is 12.3. The Morgan fingerprint density at radius 2 is 2.19 bits per heavy atom. The van der Waals surface area contributed by atoms with Crippen LogP contribution in [-0.4, -0.2) is 16.9 Å². The summed E-state index contributed by atoms with van der Waals surface area (Å²) in [6.07, 6.45) is 0.159. The van der Waals surface area contributed by atoms with Gasteiger partial charge in [-0.3, -0.25) is 14.9 Å². The van der Waals surface area contributed by atoms with E-state index in [9.17, 15) is 14.9 Å². The van der Waals surface area contributed by atoms with E-state index in [1.165, 1.54) is 18.2 Å². The summed E-state index contributed by atoms with van der Waals surface area (Å²) in [4.78, 5) is 20.6. The number of carbonyl (C=O) groups excluding carboxylic acids is 1. The second-order valence-corrected chi connectivity index (χ2v) is 3.65. The van der Waals surface area contributed by atoms with Crippen molar-refractivity contribution in [1.29, 1.82) is 0 Å². The highest BCUT2D eigenvalue weighted by Crippen LogP contribution is 2.23. The Labute approximate surface area is 96.3 Å². The molecule has 1 atom stereocenters. The molecule has 1 rings (SSSR count). The predicted octanol–water partition coefficient (Wildman–Crippen LogP) is 0.603. The minimum atomic E-state index is -0.848. The number of primary amides is 1. The highest BCUT2D eigenvalue weighted by molar-refractivity contribution is 6.31. The van der Waals surface area contributed by atoms with Gasteiger partial charge in [0.2, 0.25) is 5.91 Å². The van der Waals surface area contributed by atoms with Crippen molar-refractivity contribution in [2.75, 3.05) is 0 Å². The number of rotatable bonds is 4. The van der Waals surface area contributed by atoms with Gasteiger partial charge in [-0.05, 0) is 12.0 Å². The summed E-state index contributed by atoms with van der Waals surface area (Å²) in [5, 5.41) is 10.6. The lowest BCUT2D eigenvalue weighted by Gasteiger charge is -2.08. The molecule has 4 N–H and O–H groups in total. The molecule has 0 aliphatic rings. The third kappa shape index (κ3) is 2.91. The van der Waals surface area contributed by atoms with Crippen LogP contribution in [-0.2, 0) is 11.2 Å². The number of halogens is 1. The smallest absolute Gasteiger partial charge is 0.270 e. The van der Waals surface area contributed by atoms with Crippen molar-refractivity contribution in [2.45, 2.75) is 12.5 Å². The number of amides is 1. The molecule has 0 aliphatic heterocycles. The van der Waals surface area contributed by atoms with Gasteiger partial charge < -0.3 is 11.5 Å². The molecule has 0 spiro atoms. The molecule has 1 amide bonds. The standard InChI is InChI=1S/C9H10ClN3O3/c10-7-4-6(13(15)16)2-1-5(7)3-8(11)9(12)14/h1-2,4,8H,3,11H2,(H2,12,14). The summed E-state index contributed by atoms with van der Waals surface area (Å²) in [6, 6.07) is 3.13. The lowest BCUT2D eigenvalue weighted by atomic mass is 10.1. The molecule has 1 unspecified atom stereocenters. The molecule has 0 aliphatic carbocycles. The van der Waals surface area contributed by atoms with E-state index in [0.29, 0.717) is 5.56 Å². The maximum Gasteiger partial charge on any atom is 0.270 e. The Morgan fingerprint density at radius 1 is 1.56 bits per heavy atom. The molecule has 1 aromatic rings. The SMILES string of the molecule is NC(=O)C(N)Cc1ccc([N+](=O)[O-])cc1Cl. The second kappa shape index (κ2) is 4.91. The molecule has 6 nitrogen and oxygen atoms in total. The van der Waals surface area contributed by atoms with Gasteiger partial charge in [0.15, 0.2) is 0 Å². The van der Waals surface area contributed by atoms with Crippen molar-refractivity contribution in [3.8, 4) is 0 Å². The van der Waals surface area contributed by atoms with Crippen LogP contribution in [0.15, 0.2) is 18.2 Å². The van der Waals surface area contributed by atoms with Gasteiger partial charge in [0.25, 0.3) is 5.69 Å². The highest BCUT2D eigenvalue weighted by atomic mass is 35.5. The molecule has 0 fully saturated rings. The zero-order valence-electron chi connectivity index (χ0n) is 8.22. The summed E-state index contributed by atoms with van der Waals surface area (Å²) >= 11 is 5.81. The lowest BCUT2D eigenvalue weighted by Crippen LogP contribution is -2.38. The number of nitro groups is 1. The fourth-order valence-electron chi connectivity index (χ4n) is 1.15. The zero-order valence-corrected chi connectivity index (χ0v) is 8.98. The first-order valence-corrected chi connectivity index (χ1v) is 4.77. The van der Waals surface area contributed by atoms with E-state index < -0.39 is 16.9 Å². The first-order chi connectivity index (χ1) is 7.41. The molecule has 0 heterocycles. The minimum absolute atomic E-state index is 0.110. The van der Waals surface area contributed by atoms with E-state index in [2.05, 4.69) is 0 Å². The fourth-order valence-corrected chi connectivity index (χ4v) is 1.40. The van der Waals surface area contributed by atoms with Gasteiger partial charge in [-0.2, -0.15) is 0 Å². The first-order valence-electron chi connectivity index (χ1n) is 4.39. The molecule has 0 bridgehead atoms. The van der Waals surface area contributed by atoms with E-state index in [-0.39, 0.29) is 17.1 Å². The number of benzene rings is 1. The molecule has 0 saturated heterocycles. The number of nitro benzene ring substituents is 1. The molecule has 16 heavy (non-hydrogen) atoms. The monoisotopic (exact) mass is 243 g/mol. The van der Waals surface area contributed by atoms with Gasteiger partial charge in [-0.1, -0.05) is 17.7 Å². The Bertz CT molecular complexity index is 436. The van der Waals surface area contributed by atoms with Crippen LogP contribution in [0.5, 0.6) is 0 Å². The quantitative estimate of drug-likeness (QED) is 0.596. The normalized spacial score (nSPS) is 12.1. The molecule has 0 saturated carbocycles. The maximum absolute atomic E-state index is 10.7. The van der Waals surface area contributed by atoms with Gasteiger partial charge >= 0.3 is 0 Å². The molecule has 1 aromatic carbocycles. The second-order valence-electron chi connectivity index (χ2n) is 3.25. The van der Waals surface area contributed by atoms with Crippen LogP contribution in [0.1, 0.15) is 5.56 Å². The van der Waals surface area contributed by atoms with E-state index in [0.717, 1.165) is 0 Å². The average molecular weight is 244 g/mol. The van der Waals surface area contributed by atoms with E-state index in [1.807, 2.05) is 0 Å². The Kier molecular flexibility index (Phi) is 3.81. The van der Waals surface area contributed by atoms with Gasteiger partial charge in [-0.15, -0.1) is 0 Å². The van der Waals surface area contributed by atoms with Crippen molar-refractivity contribution in [3.05, 3.63) is 38.9 Å². The van der Waals surface area contributed by atoms with Crippen molar-refractivity contribution in [1.82, 2.24) is 0 Å². The first kappa shape index (κ1) is 12.4. The van der Waals surface area contributed by atoms with Gasteiger partial charge in [0, 0.05) is 12.1 Å². The molecule has 0 aromatic heterocycles. The number of nitrogens with two attached hydrogens (primary N) is 2. The summed E-state index contributed by atoms with van der Waals surface area (Å²) in [6.45, 7) is 0. The van der Waals surface area contributed by atoms with Crippen LogP contribution in [0.25, 0.3) is 0 Å². The van der Waals surface area contributed by atoms with Crippen LogP contribution in [0.3, 0.4) is 0 Å². The summed E-state index contributed by atoms with van der Waals surface area (Å²) in [7, 11) is 0. The lowest BCUT2D eigenvalue weighted by molar-refractivity contribution is -0.384. The van der Waals surface area contributed by atoms with Gasteiger partial charge in [0.1, 0.15) is 0 Å². The summed E-state index contributed by atoms with van der Waals surface area (Å²) in [5.41, 5.74) is 10.9. The van der Waals surface area contributed by atoms with Crippen molar-refractivity contribution in [2.24, 2.45) is 11.5 Å². The fraction of sp³-hybridized carbons (Fsp3) is 0.222. The largest absolute Gasteiger partial charge is 0.368 e. The van der Waals surface area contributed by atoms with Gasteiger partial charge in [0.05, 0.1) is 16.0 Å². The van der Waals surface area contributed by atoms with Crippen molar-refractivity contribution in [3.63, 3.8) is 0 Å². The number of carbonyl (C=O) groups is 1. The third-order valence-electron chi connectivity index (χ3n) is 2.05. The van der Waals surface area contributed by atoms with Crippen LogP contribution < -0.4 is 11.5 Å². The van der Waals surface area contributed by atoms with E-state index in [4.69, 9.17) is 23.1 Å². The number of nitrogens with zero attached hydrogens (tertiary/aromatic N) is 1. The van der Waals surface area contributed by atoms with Crippen LogP contribution in [0.2, 0.25) is 5.02 Å². The summed E-state index contributed by atoms with van der Waals surface area (Å²) < 4.78 is 0. The molecular formula is C9H10ClN3O3. The Morgan fingerprint density at radius 3 is 2.62 bits per heavy atom. The van der Waals surface area contributed by atoms with Crippen LogP contribution in [0, 0.1) is 10.1 Å². The van der Waals surface area contributed by atoms with Crippen molar-refractivity contribution >= 4 is 23.2 Å². The number of hydrogen-bond donors (Lipinski definition) is 2. The molecule has 86 valence electrons. The van der Waals surface area contributed by atoms with E-state index in [1.54, 1.807) is 0 Å². The Hall–Kier alpha value is -1.66. The third-order valence-corrected chi connectivity index (χ3v) is 2.40. The molecular weight excluding hydrogens is 234 g/mol. The Balaban J connectivity index is 2.91. The predicted molar refractivity (Wildman–Crippen MR) is 59.0 cm³/mol. The van der Waals surface area contributed by atoms with Crippen LogP contribution >= 0.6 is 11.6 Å². The average Bonchev–Trinajstić information content (AvgIpc) is 2.20. The molecule has 0 radical (unpaired) electrons. The van der Waals surface area contributed by atoms with Crippen LogP contribution in [0.4, 0.5) is 5.69 Å². The topological polar surface area (TPSA) is 112 Å². The van der Waals surface area contributed by atoms with E-state index >= 15 is 0 Å². The number of non-ortho nitro benzene ring substituents is 1. The van der Waals surface area contributed by atoms with Gasteiger partial charge in [-0.25, -0.2) is 0 Å². The molecule has 7 heteroatoms. The minimum Gasteiger partial charge on any atom is -0.368 e. The maximum atomic E-state index is 10.7.